The van der Waals surface area contributed by atoms with Crippen molar-refractivity contribution in [3.05, 3.63) is 44.8 Å². The lowest BCUT2D eigenvalue weighted by Gasteiger charge is -2.07. The van der Waals surface area contributed by atoms with Gasteiger partial charge in [0.1, 0.15) is 6.04 Å². The molecule has 1 unspecified atom stereocenters. The molecule has 20 heavy (non-hydrogen) atoms. The molecule has 1 aliphatic rings. The molecule has 1 atom stereocenters. The first-order chi connectivity index (χ1) is 9.54. The van der Waals surface area contributed by atoms with Crippen LogP contribution in [0, 0.1) is 0 Å². The molecule has 0 saturated heterocycles. The molecule has 1 amide bonds. The van der Waals surface area contributed by atoms with Gasteiger partial charge < -0.3 is 16.0 Å². The van der Waals surface area contributed by atoms with Gasteiger partial charge in [-0.3, -0.25) is 9.59 Å². The van der Waals surface area contributed by atoms with Crippen molar-refractivity contribution in [2.24, 2.45) is 5.73 Å². The zero-order valence-electron chi connectivity index (χ0n) is 10.0. The van der Waals surface area contributed by atoms with Crippen molar-refractivity contribution in [3.63, 3.8) is 0 Å². The summed E-state index contributed by atoms with van der Waals surface area (Å²) < 4.78 is 0.791. The van der Waals surface area contributed by atoms with Crippen LogP contribution in [0.25, 0.3) is 0 Å². The number of amides is 1. The Balaban J connectivity index is 1.98. The minimum absolute atomic E-state index is 0.213. The van der Waals surface area contributed by atoms with Gasteiger partial charge in [-0.25, -0.2) is 4.98 Å². The smallest absolute Gasteiger partial charge is 0.251 e. The zero-order valence-corrected chi connectivity index (χ0v) is 12.4. The second kappa shape index (κ2) is 5.04. The van der Waals surface area contributed by atoms with Gasteiger partial charge in [-0.2, -0.15) is 0 Å². The van der Waals surface area contributed by atoms with E-state index in [9.17, 15) is 9.59 Å². The third-order valence-corrected chi connectivity index (χ3v) is 4.71. The van der Waals surface area contributed by atoms with Crippen LogP contribution in [0.4, 0.5) is 5.69 Å². The molecule has 0 radical (unpaired) electrons. The highest BCUT2D eigenvalue weighted by molar-refractivity contribution is 9.10. The number of anilines is 1. The van der Waals surface area contributed by atoms with Crippen LogP contribution in [0.3, 0.4) is 0 Å². The van der Waals surface area contributed by atoms with Crippen molar-refractivity contribution in [2.75, 3.05) is 5.32 Å². The number of hydrogen-bond acceptors (Lipinski definition) is 5. The molecule has 8 heteroatoms. The lowest BCUT2D eigenvalue weighted by Crippen LogP contribution is -2.19. The first-order valence-corrected chi connectivity index (χ1v) is 7.28. The fraction of sp³-hybridized carbons (Fsp3) is 0.0833. The normalized spacial score (nSPS) is 16.9. The maximum absolute atomic E-state index is 11.5. The van der Waals surface area contributed by atoms with Crippen molar-refractivity contribution in [1.82, 2.24) is 9.97 Å². The number of halogens is 1. The number of hydrogen-bond donors (Lipinski definition) is 3. The number of nitrogens with zero attached hydrogens (tertiary/aromatic N) is 1. The van der Waals surface area contributed by atoms with E-state index in [2.05, 4.69) is 31.2 Å². The lowest BCUT2D eigenvalue weighted by atomic mass is 10.1. The van der Waals surface area contributed by atoms with Gasteiger partial charge >= 0.3 is 0 Å². The van der Waals surface area contributed by atoms with Gasteiger partial charge in [-0.1, -0.05) is 11.8 Å². The summed E-state index contributed by atoms with van der Waals surface area (Å²) in [4.78, 5) is 30.3. The molecular weight excluding hydrogens is 344 g/mol. The number of nitrogens with one attached hydrogen (secondary N) is 2. The van der Waals surface area contributed by atoms with Crippen LogP contribution in [0.15, 0.2) is 43.7 Å². The molecule has 6 nitrogen and oxygen atoms in total. The molecule has 1 aliphatic heterocycles. The van der Waals surface area contributed by atoms with E-state index >= 15 is 0 Å². The van der Waals surface area contributed by atoms with Crippen LogP contribution < -0.4 is 16.6 Å². The highest BCUT2D eigenvalue weighted by Crippen LogP contribution is 2.39. The highest BCUT2D eigenvalue weighted by Gasteiger charge is 2.28. The van der Waals surface area contributed by atoms with E-state index in [1.54, 1.807) is 6.07 Å². The van der Waals surface area contributed by atoms with Crippen molar-refractivity contribution in [1.29, 1.82) is 0 Å². The summed E-state index contributed by atoms with van der Waals surface area (Å²) in [6.45, 7) is 0. The Labute approximate surface area is 126 Å². The molecule has 0 aliphatic carbocycles. The number of carbonyl (C=O) groups excluding carboxylic acids is 1. The largest absolute Gasteiger partial charge is 0.324 e. The second-order valence-corrected chi connectivity index (χ2v) is 6.06. The molecule has 0 bridgehead atoms. The summed E-state index contributed by atoms with van der Waals surface area (Å²) in [5.41, 5.74) is 7.01. The molecular formula is C12H9BrN4O2S. The van der Waals surface area contributed by atoms with Crippen LogP contribution in [0.2, 0.25) is 0 Å². The van der Waals surface area contributed by atoms with Gasteiger partial charge in [-0.15, -0.1) is 0 Å². The third-order valence-electron chi connectivity index (χ3n) is 2.83. The average molecular weight is 353 g/mol. The quantitative estimate of drug-likeness (QED) is 0.713. The maximum Gasteiger partial charge on any atom is 0.251 e. The van der Waals surface area contributed by atoms with E-state index < -0.39 is 6.04 Å². The van der Waals surface area contributed by atoms with E-state index in [-0.39, 0.29) is 11.5 Å². The molecule has 1 aromatic heterocycles. The Morgan fingerprint density at radius 1 is 1.35 bits per heavy atom. The van der Waals surface area contributed by atoms with Crippen LogP contribution in [-0.2, 0) is 4.79 Å². The number of nitrogens with two attached hydrogens (primary N) is 1. The number of aromatic amines is 1. The highest BCUT2D eigenvalue weighted by atomic mass is 79.9. The molecule has 2 aromatic rings. The summed E-state index contributed by atoms with van der Waals surface area (Å²) in [6.07, 6.45) is 1.44. The zero-order chi connectivity index (χ0) is 14.3. The molecule has 0 saturated carbocycles. The van der Waals surface area contributed by atoms with Gasteiger partial charge in [-0.05, 0) is 28.1 Å². The van der Waals surface area contributed by atoms with Crippen molar-refractivity contribution in [3.8, 4) is 0 Å². The monoisotopic (exact) mass is 352 g/mol. The molecule has 102 valence electrons. The Morgan fingerprint density at radius 2 is 2.15 bits per heavy atom. The maximum atomic E-state index is 11.5. The third kappa shape index (κ3) is 2.37. The molecule has 0 fully saturated rings. The van der Waals surface area contributed by atoms with Gasteiger partial charge in [0.2, 0.25) is 5.91 Å². The second-order valence-electron chi connectivity index (χ2n) is 4.18. The standard InChI is InChI=1S/C12H9BrN4O2S/c13-6-3-5-7(16-11(19)10(5)14)4-8(6)20-12-15-2-1-9(18)17-12/h1-4,10H,14H2,(H,16,19)(H,15,17,18). The number of rotatable bonds is 2. The molecule has 1 aromatic carbocycles. The summed E-state index contributed by atoms with van der Waals surface area (Å²) in [6, 6.07) is 4.32. The number of fused-ring (bicyclic) bond motifs is 1. The number of benzene rings is 1. The average Bonchev–Trinajstić information content (AvgIpc) is 2.66. The van der Waals surface area contributed by atoms with Crippen LogP contribution >= 0.6 is 27.7 Å². The van der Waals surface area contributed by atoms with Crippen LogP contribution in [-0.4, -0.2) is 15.9 Å². The molecule has 2 heterocycles. The van der Waals surface area contributed by atoms with Crippen molar-refractivity contribution < 1.29 is 4.79 Å². The van der Waals surface area contributed by atoms with Gasteiger partial charge in [0.15, 0.2) is 5.16 Å². The Bertz CT molecular complexity index is 761. The number of H-pyrrole nitrogens is 1. The Hall–Kier alpha value is -1.64. The fourth-order valence-electron chi connectivity index (χ4n) is 1.87. The first kappa shape index (κ1) is 13.3. The predicted octanol–water partition coefficient (Wildman–Crippen LogP) is 1.64. The lowest BCUT2D eigenvalue weighted by molar-refractivity contribution is -0.116. The molecule has 3 rings (SSSR count). The minimum Gasteiger partial charge on any atom is -0.324 e. The van der Waals surface area contributed by atoms with Gasteiger partial charge in [0.25, 0.3) is 5.56 Å². The Kier molecular flexibility index (Phi) is 3.36. The van der Waals surface area contributed by atoms with E-state index in [1.807, 2.05) is 6.07 Å². The summed E-state index contributed by atoms with van der Waals surface area (Å²) >= 11 is 4.73. The van der Waals surface area contributed by atoms with Crippen molar-refractivity contribution in [2.45, 2.75) is 16.1 Å². The van der Waals surface area contributed by atoms with Gasteiger partial charge in [0, 0.05) is 32.9 Å². The molecule has 0 spiro atoms. The first-order valence-electron chi connectivity index (χ1n) is 5.67. The summed E-state index contributed by atoms with van der Waals surface area (Å²) in [5.74, 6) is -0.222. The van der Waals surface area contributed by atoms with Crippen LogP contribution in [0.5, 0.6) is 0 Å². The predicted molar refractivity (Wildman–Crippen MR) is 78.7 cm³/mol. The Morgan fingerprint density at radius 3 is 2.90 bits per heavy atom. The van der Waals surface area contributed by atoms with E-state index in [0.29, 0.717) is 10.8 Å². The van der Waals surface area contributed by atoms with Gasteiger partial charge in [0.05, 0.1) is 0 Å². The topological polar surface area (TPSA) is 101 Å². The SMILES string of the molecule is NC1C(=O)Nc2cc(Sc3nccc(=O)[nH]3)c(Br)cc21. The van der Waals surface area contributed by atoms with Crippen molar-refractivity contribution >= 4 is 39.3 Å². The number of carbonyl (C=O) groups is 1. The van der Waals surface area contributed by atoms with Crippen LogP contribution in [0.1, 0.15) is 11.6 Å². The summed E-state index contributed by atoms with van der Waals surface area (Å²) in [7, 11) is 0. The van der Waals surface area contributed by atoms with E-state index in [4.69, 9.17) is 5.73 Å². The molecule has 4 N–H and O–H groups in total. The fourth-order valence-corrected chi connectivity index (χ4v) is 3.28. The summed E-state index contributed by atoms with van der Waals surface area (Å²) in [5, 5.41) is 3.20. The number of aromatic nitrogens is 2. The minimum atomic E-state index is -0.644. The van der Waals surface area contributed by atoms with E-state index in [0.717, 1.165) is 14.9 Å². The van der Waals surface area contributed by atoms with E-state index in [1.165, 1.54) is 24.0 Å².